The predicted molar refractivity (Wildman–Crippen MR) is 102 cm³/mol. The number of anilines is 1. The minimum atomic E-state index is -1.26. The van der Waals surface area contributed by atoms with E-state index in [1.54, 1.807) is 13.1 Å². The van der Waals surface area contributed by atoms with Gasteiger partial charge in [-0.15, -0.1) is 0 Å². The number of phenolic OH excluding ortho intramolecular Hbond substituents is 1. The molecule has 1 aliphatic carbocycles. The Labute approximate surface area is 158 Å². The number of nitrogens with one attached hydrogen (secondary N) is 2. The van der Waals surface area contributed by atoms with Gasteiger partial charge < -0.3 is 31.1 Å². The van der Waals surface area contributed by atoms with Crippen LogP contribution in [-0.4, -0.2) is 51.0 Å². The number of fused-ring (bicyclic) bond motifs is 1. The van der Waals surface area contributed by atoms with Crippen molar-refractivity contribution in [3.63, 3.8) is 0 Å². The maximum atomic E-state index is 10.5. The van der Waals surface area contributed by atoms with Gasteiger partial charge in [0.25, 0.3) is 0 Å². The number of aliphatic hydroxyl groups excluding tert-OH is 1. The van der Waals surface area contributed by atoms with E-state index in [2.05, 4.69) is 31.4 Å². The number of carbonyl (C=O) groups is 2. The lowest BCUT2D eigenvalue weighted by molar-refractivity contribution is -0.134. The molecule has 27 heavy (non-hydrogen) atoms. The van der Waals surface area contributed by atoms with Gasteiger partial charge in [-0.3, -0.25) is 0 Å². The van der Waals surface area contributed by atoms with Gasteiger partial charge in [0, 0.05) is 30.8 Å². The van der Waals surface area contributed by atoms with Gasteiger partial charge in [-0.2, -0.15) is 0 Å². The normalized spacial score (nSPS) is 19.0. The minimum absolute atomic E-state index is 0.0219. The Hall–Kier alpha value is -2.58. The molecule has 1 aromatic carbocycles. The van der Waals surface area contributed by atoms with Crippen molar-refractivity contribution in [1.29, 1.82) is 0 Å². The van der Waals surface area contributed by atoms with Crippen molar-refractivity contribution in [2.45, 2.75) is 51.3 Å². The number of aromatic hydroxyl groups is 1. The summed E-state index contributed by atoms with van der Waals surface area (Å²) in [6, 6.07) is 3.53. The number of carboxylic acid groups (broad SMARTS) is 2. The molecule has 150 valence electrons. The van der Waals surface area contributed by atoms with Crippen LogP contribution in [0.2, 0.25) is 0 Å². The largest absolute Gasteiger partial charge is 0.506 e. The molecule has 2 rings (SSSR count). The number of rotatable bonds is 4. The molecule has 0 fully saturated rings. The Morgan fingerprint density at radius 3 is 2.15 bits per heavy atom. The van der Waals surface area contributed by atoms with Crippen LogP contribution in [0.4, 0.5) is 5.69 Å². The second-order valence-corrected chi connectivity index (χ2v) is 7.27. The van der Waals surface area contributed by atoms with Crippen LogP contribution in [0.25, 0.3) is 0 Å². The summed E-state index contributed by atoms with van der Waals surface area (Å²) in [7, 11) is 1.79. The van der Waals surface area contributed by atoms with Crippen LogP contribution in [0.15, 0.2) is 24.3 Å². The average molecular weight is 380 g/mol. The van der Waals surface area contributed by atoms with Gasteiger partial charge in [0.15, 0.2) is 0 Å². The van der Waals surface area contributed by atoms with Crippen molar-refractivity contribution in [3.8, 4) is 5.75 Å². The Balaban J connectivity index is 0.000000387. The molecule has 0 radical (unpaired) electrons. The molecule has 6 N–H and O–H groups in total. The van der Waals surface area contributed by atoms with E-state index >= 15 is 0 Å². The molecule has 1 aliphatic rings. The molecule has 1 aromatic rings. The van der Waals surface area contributed by atoms with Gasteiger partial charge >= 0.3 is 11.9 Å². The molecule has 0 aliphatic heterocycles. The molecule has 8 heteroatoms. The molecular formula is C19H28N2O6. The summed E-state index contributed by atoms with van der Waals surface area (Å²) in [5.74, 6) is -2.27. The Morgan fingerprint density at radius 1 is 1.15 bits per heavy atom. The van der Waals surface area contributed by atoms with Crippen LogP contribution in [0.1, 0.15) is 44.4 Å². The van der Waals surface area contributed by atoms with E-state index in [4.69, 9.17) is 10.2 Å². The molecule has 0 amide bonds. The third kappa shape index (κ3) is 6.92. The maximum absolute atomic E-state index is 10.5. The number of aliphatic carboxylic acids is 2. The molecule has 0 saturated heterocycles. The quantitative estimate of drug-likeness (QED) is 0.344. The first-order chi connectivity index (χ1) is 12.5. The molecule has 0 spiro atoms. The number of benzene rings is 1. The Bertz CT molecular complexity index is 693. The standard InChI is InChI=1S/C15H24N2O2.C4H4O4/c1-15(2,3)17-11-7-5-9-10(14(11)19)6-8-12(18)13(9)16-4;5-3(6)1-2-4(7)8/h6,8,11,14,16-19H,5,7H2,1-4H3;1-2H,(H,5,6)(H,7,8)/b;2-1+/t11-,14+;/m0./s1. The van der Waals surface area contributed by atoms with E-state index in [9.17, 15) is 19.8 Å². The highest BCUT2D eigenvalue weighted by Crippen LogP contribution is 2.39. The van der Waals surface area contributed by atoms with Crippen molar-refractivity contribution in [3.05, 3.63) is 35.4 Å². The topological polar surface area (TPSA) is 139 Å². The van der Waals surface area contributed by atoms with Crippen LogP contribution in [0.3, 0.4) is 0 Å². The Kier molecular flexibility index (Phi) is 7.81. The van der Waals surface area contributed by atoms with Crippen molar-refractivity contribution in [2.24, 2.45) is 0 Å². The van der Waals surface area contributed by atoms with E-state index in [-0.39, 0.29) is 17.3 Å². The summed E-state index contributed by atoms with van der Waals surface area (Å²) in [6.45, 7) is 6.31. The molecule has 0 heterocycles. The van der Waals surface area contributed by atoms with Gasteiger partial charge in [-0.1, -0.05) is 6.07 Å². The molecular weight excluding hydrogens is 352 g/mol. The van der Waals surface area contributed by atoms with Crippen molar-refractivity contribution < 1.29 is 30.0 Å². The lowest BCUT2D eigenvalue weighted by atomic mass is 9.83. The summed E-state index contributed by atoms with van der Waals surface area (Å²) < 4.78 is 0. The molecule has 0 bridgehead atoms. The van der Waals surface area contributed by atoms with E-state index < -0.39 is 18.0 Å². The van der Waals surface area contributed by atoms with Crippen molar-refractivity contribution in [1.82, 2.24) is 5.32 Å². The van der Waals surface area contributed by atoms with Gasteiger partial charge in [0.2, 0.25) is 0 Å². The van der Waals surface area contributed by atoms with E-state index in [1.807, 2.05) is 6.07 Å². The third-order valence-electron chi connectivity index (χ3n) is 3.97. The molecule has 0 unspecified atom stereocenters. The number of carboxylic acids is 2. The number of hydrogen-bond acceptors (Lipinski definition) is 6. The van der Waals surface area contributed by atoms with Gasteiger partial charge in [-0.05, 0) is 50.8 Å². The first-order valence-electron chi connectivity index (χ1n) is 8.58. The highest BCUT2D eigenvalue weighted by Gasteiger charge is 2.32. The van der Waals surface area contributed by atoms with Gasteiger partial charge in [0.05, 0.1) is 11.8 Å². The second kappa shape index (κ2) is 9.38. The highest BCUT2D eigenvalue weighted by atomic mass is 16.4. The zero-order chi connectivity index (χ0) is 20.8. The first kappa shape index (κ1) is 22.5. The van der Waals surface area contributed by atoms with Crippen molar-refractivity contribution >= 4 is 17.6 Å². The van der Waals surface area contributed by atoms with Gasteiger partial charge in [0.1, 0.15) is 5.75 Å². The van der Waals surface area contributed by atoms with E-state index in [0.717, 1.165) is 29.7 Å². The second-order valence-electron chi connectivity index (χ2n) is 7.27. The SMILES string of the molecule is CNc1c(O)ccc2c1CC[C@H](NC(C)(C)C)[C@@H]2O.O=C(O)/C=C/C(=O)O. The average Bonchev–Trinajstić information content (AvgIpc) is 2.55. The summed E-state index contributed by atoms with van der Waals surface area (Å²) in [6.07, 6.45) is 2.30. The minimum Gasteiger partial charge on any atom is -0.506 e. The monoisotopic (exact) mass is 380 g/mol. The third-order valence-corrected chi connectivity index (χ3v) is 3.97. The summed E-state index contributed by atoms with van der Waals surface area (Å²) >= 11 is 0. The van der Waals surface area contributed by atoms with Crippen molar-refractivity contribution in [2.75, 3.05) is 12.4 Å². The highest BCUT2D eigenvalue weighted by molar-refractivity contribution is 5.89. The molecule has 8 nitrogen and oxygen atoms in total. The van der Waals surface area contributed by atoms with Crippen LogP contribution in [-0.2, 0) is 16.0 Å². The fraction of sp³-hybridized carbons (Fsp3) is 0.474. The predicted octanol–water partition coefficient (Wildman–Crippen LogP) is 1.88. The zero-order valence-electron chi connectivity index (χ0n) is 16.0. The lowest BCUT2D eigenvalue weighted by Gasteiger charge is -2.36. The first-order valence-corrected chi connectivity index (χ1v) is 8.58. The molecule has 0 aromatic heterocycles. The van der Waals surface area contributed by atoms with Gasteiger partial charge in [-0.25, -0.2) is 9.59 Å². The van der Waals surface area contributed by atoms with Crippen LogP contribution >= 0.6 is 0 Å². The molecule has 0 saturated carbocycles. The number of phenols is 1. The summed E-state index contributed by atoms with van der Waals surface area (Å²) in [5, 5.41) is 42.5. The smallest absolute Gasteiger partial charge is 0.328 e. The van der Waals surface area contributed by atoms with E-state index in [1.165, 1.54) is 0 Å². The fourth-order valence-corrected chi connectivity index (χ4v) is 3.00. The zero-order valence-corrected chi connectivity index (χ0v) is 16.0. The van der Waals surface area contributed by atoms with Crippen LogP contribution < -0.4 is 10.6 Å². The Morgan fingerprint density at radius 2 is 1.70 bits per heavy atom. The fourth-order valence-electron chi connectivity index (χ4n) is 3.00. The number of aliphatic hydroxyl groups is 1. The van der Waals surface area contributed by atoms with E-state index in [0.29, 0.717) is 12.2 Å². The van der Waals surface area contributed by atoms with Crippen LogP contribution in [0, 0.1) is 0 Å². The lowest BCUT2D eigenvalue weighted by Crippen LogP contribution is -2.48. The maximum Gasteiger partial charge on any atom is 0.328 e. The summed E-state index contributed by atoms with van der Waals surface area (Å²) in [4.78, 5) is 19.1. The van der Waals surface area contributed by atoms with Crippen LogP contribution in [0.5, 0.6) is 5.75 Å². The molecule has 2 atom stereocenters. The summed E-state index contributed by atoms with van der Waals surface area (Å²) in [5.41, 5.74) is 2.66. The number of hydrogen-bond donors (Lipinski definition) is 6.